The molecular formula is C31H29ClN2O3. The molecule has 37 heavy (non-hydrogen) atoms. The van der Waals surface area contributed by atoms with Gasteiger partial charge in [-0.2, -0.15) is 5.10 Å². The fourth-order valence-electron chi connectivity index (χ4n) is 5.14. The molecule has 1 N–H and O–H groups in total. The number of carboxylic acid groups (broad SMARTS) is 1. The summed E-state index contributed by atoms with van der Waals surface area (Å²) in [4.78, 5) is 10.9. The van der Waals surface area contributed by atoms with E-state index in [9.17, 15) is 4.79 Å². The highest BCUT2D eigenvalue weighted by Gasteiger charge is 2.21. The van der Waals surface area contributed by atoms with Gasteiger partial charge in [-0.3, -0.25) is 4.68 Å². The van der Waals surface area contributed by atoms with E-state index in [1.807, 2.05) is 47.3 Å². The van der Waals surface area contributed by atoms with Crippen LogP contribution in [0.4, 0.5) is 0 Å². The molecule has 1 aliphatic carbocycles. The van der Waals surface area contributed by atoms with Gasteiger partial charge in [-0.15, -0.1) is 0 Å². The topological polar surface area (TPSA) is 64.3 Å². The van der Waals surface area contributed by atoms with Crippen LogP contribution in [0.25, 0.3) is 0 Å². The van der Waals surface area contributed by atoms with Crippen LogP contribution in [0, 0.1) is 5.92 Å². The molecule has 0 radical (unpaired) electrons. The second-order valence-corrected chi connectivity index (χ2v) is 9.84. The van der Waals surface area contributed by atoms with E-state index in [1.54, 1.807) is 0 Å². The summed E-state index contributed by atoms with van der Waals surface area (Å²) in [7, 11) is 0. The van der Waals surface area contributed by atoms with Crippen molar-refractivity contribution in [1.82, 2.24) is 9.78 Å². The smallest absolute Gasteiger partial charge is 0.341 e. The Hall–Kier alpha value is -3.83. The van der Waals surface area contributed by atoms with Crippen LogP contribution in [0.1, 0.15) is 40.2 Å². The first-order valence-electron chi connectivity index (χ1n) is 12.5. The summed E-state index contributed by atoms with van der Waals surface area (Å²) in [5.74, 6) is 0.225. The largest absolute Gasteiger partial charge is 0.482 e. The molecule has 1 heterocycles. The summed E-state index contributed by atoms with van der Waals surface area (Å²) < 4.78 is 7.47. The monoisotopic (exact) mass is 512 g/mol. The van der Waals surface area contributed by atoms with Crippen LogP contribution in [0.5, 0.6) is 5.75 Å². The van der Waals surface area contributed by atoms with Crippen LogP contribution in [-0.4, -0.2) is 27.5 Å². The lowest BCUT2D eigenvalue weighted by molar-refractivity contribution is -0.139. The molecule has 3 aromatic carbocycles. The number of allylic oxidation sites excluding steroid dienone is 2. The highest BCUT2D eigenvalue weighted by Crippen LogP contribution is 2.34. The lowest BCUT2D eigenvalue weighted by Crippen LogP contribution is -2.16. The van der Waals surface area contributed by atoms with Gasteiger partial charge in [-0.25, -0.2) is 4.79 Å². The predicted molar refractivity (Wildman–Crippen MR) is 145 cm³/mol. The summed E-state index contributed by atoms with van der Waals surface area (Å²) >= 11 is 6.32. The van der Waals surface area contributed by atoms with Crippen molar-refractivity contribution in [3.8, 4) is 5.75 Å². The van der Waals surface area contributed by atoms with Crippen molar-refractivity contribution in [3.63, 3.8) is 0 Å². The average Bonchev–Trinajstić information content (AvgIpc) is 3.36. The summed E-state index contributed by atoms with van der Waals surface area (Å²) in [5.41, 5.74) is 5.84. The Balaban J connectivity index is 1.27. The molecule has 0 amide bonds. The Morgan fingerprint density at radius 1 is 1.08 bits per heavy atom. The molecule has 0 bridgehead atoms. The number of fused-ring (bicyclic) bond motifs is 1. The van der Waals surface area contributed by atoms with E-state index in [4.69, 9.17) is 21.4 Å². The average molecular weight is 513 g/mol. The second-order valence-electron chi connectivity index (χ2n) is 9.40. The summed E-state index contributed by atoms with van der Waals surface area (Å²) in [5, 5.41) is 14.3. The van der Waals surface area contributed by atoms with Crippen molar-refractivity contribution in [2.75, 3.05) is 6.61 Å². The molecule has 0 saturated heterocycles. The zero-order chi connectivity index (χ0) is 25.6. The normalized spacial score (nSPS) is 15.9. The molecule has 4 aromatic rings. The lowest BCUT2D eigenvalue weighted by atomic mass is 9.83. The van der Waals surface area contributed by atoms with Crippen LogP contribution in [0.3, 0.4) is 0 Å². The molecule has 0 fully saturated rings. The number of benzene rings is 3. The maximum absolute atomic E-state index is 10.9. The highest BCUT2D eigenvalue weighted by atomic mass is 35.5. The van der Waals surface area contributed by atoms with Crippen LogP contribution in [0.15, 0.2) is 97.3 Å². The first-order chi connectivity index (χ1) is 18.1. The molecule has 1 aliphatic rings. The number of hydrogen-bond acceptors (Lipinski definition) is 3. The number of carboxylic acids is 1. The molecule has 0 saturated carbocycles. The first-order valence-corrected chi connectivity index (χ1v) is 12.9. The van der Waals surface area contributed by atoms with Crippen molar-refractivity contribution in [1.29, 1.82) is 0 Å². The zero-order valence-electron chi connectivity index (χ0n) is 20.5. The summed E-state index contributed by atoms with van der Waals surface area (Å²) in [6.07, 6.45) is 11.3. The van der Waals surface area contributed by atoms with E-state index in [2.05, 4.69) is 59.8 Å². The van der Waals surface area contributed by atoms with Gasteiger partial charge in [0.05, 0.1) is 12.7 Å². The Morgan fingerprint density at radius 2 is 1.89 bits per heavy atom. The number of carbonyl (C=O) groups is 1. The Labute approximate surface area is 222 Å². The van der Waals surface area contributed by atoms with E-state index in [0.717, 1.165) is 41.0 Å². The van der Waals surface area contributed by atoms with Crippen LogP contribution in [-0.2, 0) is 24.2 Å². The van der Waals surface area contributed by atoms with E-state index in [1.165, 1.54) is 11.1 Å². The van der Waals surface area contributed by atoms with Crippen LogP contribution < -0.4 is 4.74 Å². The van der Waals surface area contributed by atoms with Crippen molar-refractivity contribution in [3.05, 3.63) is 130 Å². The highest BCUT2D eigenvalue weighted by molar-refractivity contribution is 6.30. The third-order valence-corrected chi connectivity index (χ3v) is 7.07. The number of nitrogens with zero attached hydrogens (tertiary/aromatic N) is 2. The van der Waals surface area contributed by atoms with E-state index in [0.29, 0.717) is 18.2 Å². The number of hydrogen-bond donors (Lipinski definition) is 1. The minimum Gasteiger partial charge on any atom is -0.482 e. The molecule has 2 atom stereocenters. The quantitative estimate of drug-likeness (QED) is 0.258. The van der Waals surface area contributed by atoms with Crippen molar-refractivity contribution in [2.24, 2.45) is 5.92 Å². The molecule has 1 aromatic heterocycles. The minimum atomic E-state index is -0.960. The van der Waals surface area contributed by atoms with Gasteiger partial charge >= 0.3 is 5.97 Å². The van der Waals surface area contributed by atoms with Crippen LogP contribution in [0.2, 0.25) is 5.02 Å². The van der Waals surface area contributed by atoms with Gasteiger partial charge in [0.15, 0.2) is 6.61 Å². The molecular weight excluding hydrogens is 484 g/mol. The fraction of sp³-hybridized carbons (Fsp3) is 0.226. The number of ether oxygens (including phenoxy) is 1. The Kier molecular flexibility index (Phi) is 7.71. The molecule has 6 heteroatoms. The minimum absolute atomic E-state index is 0.0602. The molecule has 2 unspecified atom stereocenters. The van der Waals surface area contributed by atoms with Gasteiger partial charge in [0.1, 0.15) is 5.75 Å². The predicted octanol–water partition coefficient (Wildman–Crippen LogP) is 6.54. The number of rotatable bonds is 9. The maximum atomic E-state index is 10.9. The SMILES string of the molecule is O=C(O)COc1cccc2c1CCC(/C=C/Cn1cc(C(c3ccccc3)c3cccc(Cl)c3)cn1)C2. The molecule has 188 valence electrons. The standard InChI is InChI=1S/C31H29ClN2O3/c32-27-12-4-11-25(18-27)31(23-8-2-1-3-9-23)26-19-33-34(20-26)16-6-7-22-14-15-28-24(17-22)10-5-13-29(28)37-21-30(35)36/h1-13,18-20,22,31H,14-17,21H2,(H,35,36)/b7-6+. The van der Waals surface area contributed by atoms with Crippen molar-refractivity contribution < 1.29 is 14.6 Å². The van der Waals surface area contributed by atoms with E-state index >= 15 is 0 Å². The zero-order valence-corrected chi connectivity index (χ0v) is 21.2. The first kappa shape index (κ1) is 24.8. The maximum Gasteiger partial charge on any atom is 0.341 e. The van der Waals surface area contributed by atoms with Crippen LogP contribution >= 0.6 is 11.6 Å². The Morgan fingerprint density at radius 3 is 2.70 bits per heavy atom. The van der Waals surface area contributed by atoms with Crippen molar-refractivity contribution >= 4 is 17.6 Å². The molecule has 0 aliphatic heterocycles. The van der Waals surface area contributed by atoms with Crippen molar-refractivity contribution in [2.45, 2.75) is 31.7 Å². The van der Waals surface area contributed by atoms with E-state index in [-0.39, 0.29) is 12.5 Å². The third kappa shape index (κ3) is 6.12. The second kappa shape index (κ2) is 11.5. The Bertz CT molecular complexity index is 1400. The summed E-state index contributed by atoms with van der Waals surface area (Å²) in [6.45, 7) is 0.385. The van der Waals surface area contributed by atoms with Gasteiger partial charge in [-0.1, -0.05) is 78.4 Å². The number of halogens is 1. The summed E-state index contributed by atoms with van der Waals surface area (Å²) in [6, 6.07) is 24.4. The number of aromatic nitrogens is 2. The molecule has 5 nitrogen and oxygen atoms in total. The van der Waals surface area contributed by atoms with Gasteiger partial charge < -0.3 is 9.84 Å². The molecule has 0 spiro atoms. The molecule has 5 rings (SSSR count). The third-order valence-electron chi connectivity index (χ3n) is 6.83. The fourth-order valence-corrected chi connectivity index (χ4v) is 5.34. The van der Waals surface area contributed by atoms with Gasteiger partial charge in [0, 0.05) is 22.7 Å². The van der Waals surface area contributed by atoms with E-state index < -0.39 is 5.97 Å². The number of aliphatic carboxylic acids is 1. The lowest BCUT2D eigenvalue weighted by Gasteiger charge is -2.24. The van der Waals surface area contributed by atoms with Gasteiger partial charge in [0.25, 0.3) is 0 Å². The van der Waals surface area contributed by atoms with Gasteiger partial charge in [-0.05, 0) is 65.6 Å². The van der Waals surface area contributed by atoms with Gasteiger partial charge in [0.2, 0.25) is 0 Å².